The van der Waals surface area contributed by atoms with Crippen molar-refractivity contribution in [2.24, 2.45) is 0 Å². The number of hydrogen-bond acceptors (Lipinski definition) is 4. The standard InChI is InChI=1S/C13H12N2O2/c1-9-7-8-15-12(11(9)14)13(16)17-10-5-3-2-4-6-10/h2-8H,14H2,1H3. The fraction of sp³-hybridized carbons (Fsp3) is 0.0769. The number of para-hydroxylation sites is 1. The lowest BCUT2D eigenvalue weighted by atomic mass is 10.2. The van der Waals surface area contributed by atoms with E-state index in [-0.39, 0.29) is 5.69 Å². The third kappa shape index (κ3) is 2.42. The van der Waals surface area contributed by atoms with Gasteiger partial charge in [0.2, 0.25) is 0 Å². The number of ether oxygens (including phenoxy) is 1. The summed E-state index contributed by atoms with van der Waals surface area (Å²) in [6.45, 7) is 1.82. The zero-order valence-corrected chi connectivity index (χ0v) is 9.38. The molecule has 0 radical (unpaired) electrons. The molecule has 86 valence electrons. The Bertz CT molecular complexity index is 538. The van der Waals surface area contributed by atoms with Crippen molar-refractivity contribution in [3.05, 3.63) is 53.9 Å². The fourth-order valence-corrected chi connectivity index (χ4v) is 1.38. The van der Waals surface area contributed by atoms with E-state index in [0.717, 1.165) is 5.56 Å². The van der Waals surface area contributed by atoms with E-state index < -0.39 is 5.97 Å². The van der Waals surface area contributed by atoms with Gasteiger partial charge in [0.25, 0.3) is 0 Å². The van der Waals surface area contributed by atoms with Gasteiger partial charge in [0.05, 0.1) is 5.69 Å². The Morgan fingerprint density at radius 1 is 1.24 bits per heavy atom. The summed E-state index contributed by atoms with van der Waals surface area (Å²) >= 11 is 0. The highest BCUT2D eigenvalue weighted by Crippen LogP contribution is 2.17. The second-order valence-electron chi connectivity index (χ2n) is 3.59. The number of carbonyl (C=O) groups excluding carboxylic acids is 1. The van der Waals surface area contributed by atoms with Gasteiger partial charge in [0.1, 0.15) is 5.75 Å². The molecule has 0 saturated carbocycles. The average Bonchev–Trinajstić information content (AvgIpc) is 2.34. The van der Waals surface area contributed by atoms with Crippen LogP contribution < -0.4 is 10.5 Å². The number of hydrogen-bond donors (Lipinski definition) is 1. The number of nitrogens with zero attached hydrogens (tertiary/aromatic N) is 1. The van der Waals surface area contributed by atoms with Crippen LogP contribution in [0.2, 0.25) is 0 Å². The first-order chi connectivity index (χ1) is 8.18. The third-order valence-electron chi connectivity index (χ3n) is 2.36. The second-order valence-corrected chi connectivity index (χ2v) is 3.59. The topological polar surface area (TPSA) is 65.2 Å². The number of nitrogens with two attached hydrogens (primary N) is 1. The van der Waals surface area contributed by atoms with Crippen LogP contribution in [0.4, 0.5) is 5.69 Å². The van der Waals surface area contributed by atoms with Crippen LogP contribution in [0.25, 0.3) is 0 Å². The molecule has 0 unspecified atom stereocenters. The molecule has 4 nitrogen and oxygen atoms in total. The highest BCUT2D eigenvalue weighted by atomic mass is 16.5. The molecule has 0 amide bonds. The summed E-state index contributed by atoms with van der Waals surface area (Å²) in [5.41, 5.74) is 7.08. The minimum atomic E-state index is -0.544. The molecule has 2 rings (SSSR count). The molecule has 4 heteroatoms. The molecule has 0 aliphatic rings. The predicted molar refractivity (Wildman–Crippen MR) is 64.8 cm³/mol. The van der Waals surface area contributed by atoms with E-state index in [0.29, 0.717) is 11.4 Å². The van der Waals surface area contributed by atoms with Crippen molar-refractivity contribution in [3.8, 4) is 5.75 Å². The number of aromatic nitrogens is 1. The van der Waals surface area contributed by atoms with Crippen molar-refractivity contribution in [3.63, 3.8) is 0 Å². The zero-order valence-electron chi connectivity index (χ0n) is 9.38. The van der Waals surface area contributed by atoms with Crippen molar-refractivity contribution < 1.29 is 9.53 Å². The largest absolute Gasteiger partial charge is 0.422 e. The number of esters is 1. The lowest BCUT2D eigenvalue weighted by Gasteiger charge is -2.07. The predicted octanol–water partition coefficient (Wildman–Crippen LogP) is 2.19. The quantitative estimate of drug-likeness (QED) is 0.632. The van der Waals surface area contributed by atoms with Crippen molar-refractivity contribution in [2.75, 3.05) is 5.73 Å². The number of anilines is 1. The van der Waals surface area contributed by atoms with E-state index in [1.807, 2.05) is 13.0 Å². The van der Waals surface area contributed by atoms with E-state index in [9.17, 15) is 4.79 Å². The van der Waals surface area contributed by atoms with Crippen LogP contribution in [0, 0.1) is 6.92 Å². The van der Waals surface area contributed by atoms with Crippen LogP contribution in [-0.4, -0.2) is 11.0 Å². The normalized spacial score (nSPS) is 9.94. The van der Waals surface area contributed by atoms with Gasteiger partial charge in [-0.15, -0.1) is 0 Å². The summed E-state index contributed by atoms with van der Waals surface area (Å²) in [5, 5.41) is 0. The van der Waals surface area contributed by atoms with Crippen LogP contribution in [-0.2, 0) is 0 Å². The maximum Gasteiger partial charge on any atom is 0.364 e. The van der Waals surface area contributed by atoms with Crippen molar-refractivity contribution in [1.29, 1.82) is 0 Å². The van der Waals surface area contributed by atoms with Crippen LogP contribution in [0.15, 0.2) is 42.6 Å². The molecule has 0 bridgehead atoms. The monoisotopic (exact) mass is 228 g/mol. The SMILES string of the molecule is Cc1ccnc(C(=O)Oc2ccccc2)c1N. The van der Waals surface area contributed by atoms with E-state index in [1.165, 1.54) is 6.20 Å². The Labute approximate surface area is 99.1 Å². The maximum absolute atomic E-state index is 11.8. The van der Waals surface area contributed by atoms with Crippen LogP contribution in [0.1, 0.15) is 16.1 Å². The van der Waals surface area contributed by atoms with Gasteiger partial charge in [-0.05, 0) is 30.7 Å². The molecule has 2 N–H and O–H groups in total. The Hall–Kier alpha value is -2.36. The van der Waals surface area contributed by atoms with Gasteiger partial charge in [-0.3, -0.25) is 0 Å². The van der Waals surface area contributed by atoms with Crippen molar-refractivity contribution in [1.82, 2.24) is 4.98 Å². The zero-order chi connectivity index (χ0) is 12.3. The van der Waals surface area contributed by atoms with Gasteiger partial charge in [-0.1, -0.05) is 18.2 Å². The molecule has 1 aromatic carbocycles. The molecule has 1 heterocycles. The van der Waals surface area contributed by atoms with Crippen molar-refractivity contribution in [2.45, 2.75) is 6.92 Å². The fourth-order valence-electron chi connectivity index (χ4n) is 1.38. The molecule has 2 aromatic rings. The van der Waals surface area contributed by atoms with Gasteiger partial charge in [0, 0.05) is 6.20 Å². The highest BCUT2D eigenvalue weighted by Gasteiger charge is 2.14. The highest BCUT2D eigenvalue weighted by molar-refractivity contribution is 5.94. The number of pyridine rings is 1. The van der Waals surface area contributed by atoms with E-state index in [2.05, 4.69) is 4.98 Å². The Morgan fingerprint density at radius 2 is 1.94 bits per heavy atom. The Balaban J connectivity index is 2.24. The summed E-state index contributed by atoms with van der Waals surface area (Å²) in [7, 11) is 0. The summed E-state index contributed by atoms with van der Waals surface area (Å²) in [6.07, 6.45) is 1.54. The molecular formula is C13H12N2O2. The summed E-state index contributed by atoms with van der Waals surface area (Å²) in [5.74, 6) is -0.0717. The minimum absolute atomic E-state index is 0.147. The molecule has 0 aliphatic carbocycles. The third-order valence-corrected chi connectivity index (χ3v) is 2.36. The van der Waals surface area contributed by atoms with Gasteiger partial charge in [0.15, 0.2) is 5.69 Å². The van der Waals surface area contributed by atoms with Crippen LogP contribution >= 0.6 is 0 Å². The van der Waals surface area contributed by atoms with E-state index in [4.69, 9.17) is 10.5 Å². The number of nitrogen functional groups attached to an aromatic ring is 1. The summed E-state index contributed by atoms with van der Waals surface area (Å²) < 4.78 is 5.15. The Morgan fingerprint density at radius 3 is 2.65 bits per heavy atom. The molecule has 0 saturated heterocycles. The lowest BCUT2D eigenvalue weighted by molar-refractivity contribution is 0.0730. The van der Waals surface area contributed by atoms with Crippen LogP contribution in [0.5, 0.6) is 5.75 Å². The van der Waals surface area contributed by atoms with Gasteiger partial charge in [-0.25, -0.2) is 9.78 Å². The number of aryl methyl sites for hydroxylation is 1. The molecular weight excluding hydrogens is 216 g/mol. The van der Waals surface area contributed by atoms with Crippen LogP contribution in [0.3, 0.4) is 0 Å². The first-order valence-electron chi connectivity index (χ1n) is 5.17. The average molecular weight is 228 g/mol. The molecule has 17 heavy (non-hydrogen) atoms. The molecule has 0 aliphatic heterocycles. The van der Waals surface area contributed by atoms with Gasteiger partial charge in [-0.2, -0.15) is 0 Å². The maximum atomic E-state index is 11.8. The van der Waals surface area contributed by atoms with E-state index in [1.54, 1.807) is 30.3 Å². The van der Waals surface area contributed by atoms with E-state index >= 15 is 0 Å². The van der Waals surface area contributed by atoms with Crippen molar-refractivity contribution >= 4 is 11.7 Å². The number of benzene rings is 1. The molecule has 0 fully saturated rings. The summed E-state index contributed by atoms with van der Waals surface area (Å²) in [4.78, 5) is 15.8. The molecule has 0 spiro atoms. The molecule has 0 atom stereocenters. The first-order valence-corrected chi connectivity index (χ1v) is 5.17. The van der Waals surface area contributed by atoms with Gasteiger partial charge < -0.3 is 10.5 Å². The molecule has 1 aromatic heterocycles. The smallest absolute Gasteiger partial charge is 0.364 e. The second kappa shape index (κ2) is 4.65. The van der Waals surface area contributed by atoms with Gasteiger partial charge >= 0.3 is 5.97 Å². The summed E-state index contributed by atoms with van der Waals surface area (Å²) in [6, 6.07) is 10.6. The number of rotatable bonds is 2. The lowest BCUT2D eigenvalue weighted by Crippen LogP contribution is -2.13. The first kappa shape index (κ1) is 11.1. The number of carbonyl (C=O) groups is 1. The Kier molecular flexibility index (Phi) is 3.05. The minimum Gasteiger partial charge on any atom is -0.422 e.